The number of nitrogens with one attached hydrogen (secondary N) is 2. The minimum atomic E-state index is -0.891. The molecule has 12 heteroatoms. The maximum atomic E-state index is 11.9. The highest BCUT2D eigenvalue weighted by molar-refractivity contribution is 5.88. The Morgan fingerprint density at radius 3 is 2.38 bits per heavy atom. The average Bonchev–Trinajstić information content (AvgIpc) is 2.49. The van der Waals surface area contributed by atoms with E-state index in [4.69, 9.17) is 22.9 Å². The zero-order valence-corrected chi connectivity index (χ0v) is 13.4. The van der Waals surface area contributed by atoms with E-state index in [0.717, 1.165) is 6.42 Å². The number of hydrogen-bond acceptors (Lipinski definition) is 7. The van der Waals surface area contributed by atoms with Gasteiger partial charge < -0.3 is 28.3 Å². The van der Waals surface area contributed by atoms with Crippen LogP contribution in [-0.2, 0) is 9.59 Å². The first-order valence-electron chi connectivity index (χ1n) is 7.54. The number of guanidine groups is 1. The zero-order valence-electron chi connectivity index (χ0n) is 13.4. The van der Waals surface area contributed by atoms with E-state index in [0.29, 0.717) is 25.8 Å². The van der Waals surface area contributed by atoms with Gasteiger partial charge in [-0.05, 0) is 32.2 Å². The molecular weight excluding hydrogens is 320 g/mol. The summed E-state index contributed by atoms with van der Waals surface area (Å²) in [5.74, 6) is -1.51. The van der Waals surface area contributed by atoms with Crippen LogP contribution in [0.1, 0.15) is 32.1 Å². The second-order valence-electron chi connectivity index (χ2n) is 5.13. The molecule has 2 amide bonds. The van der Waals surface area contributed by atoms with Crippen molar-refractivity contribution in [3.8, 4) is 0 Å². The molecule has 0 spiro atoms. The highest BCUT2D eigenvalue weighted by Crippen LogP contribution is 2.02. The van der Waals surface area contributed by atoms with Crippen LogP contribution < -0.4 is 33.7 Å². The van der Waals surface area contributed by atoms with Crippen LogP contribution in [0.3, 0.4) is 0 Å². The molecule has 24 heavy (non-hydrogen) atoms. The number of primary amides is 1. The molecule has 0 aliphatic rings. The van der Waals surface area contributed by atoms with Crippen LogP contribution in [0.15, 0.2) is 4.99 Å². The van der Waals surface area contributed by atoms with E-state index >= 15 is 0 Å². The number of carbonyl (C=O) groups excluding carboxylic acids is 2. The maximum absolute atomic E-state index is 11.9. The third kappa shape index (κ3) is 10.3. The average molecular weight is 346 g/mol. The number of hydrogen-bond donors (Lipinski definition) is 6. The van der Waals surface area contributed by atoms with E-state index in [1.807, 2.05) is 0 Å². The van der Waals surface area contributed by atoms with Crippen LogP contribution in [0.4, 0.5) is 0 Å². The largest absolute Gasteiger partial charge is 0.368 e. The van der Waals surface area contributed by atoms with Crippen molar-refractivity contribution in [2.75, 3.05) is 13.1 Å². The predicted octanol–water partition coefficient (Wildman–Crippen LogP) is -2.71. The normalized spacial score (nSPS) is 13.8. The molecule has 0 aliphatic carbocycles. The van der Waals surface area contributed by atoms with Crippen molar-refractivity contribution in [2.24, 2.45) is 27.9 Å². The highest BCUT2D eigenvalue weighted by Gasteiger charge is 2.21. The molecule has 0 rings (SSSR count). The first kappa shape index (κ1) is 21.5. The first-order chi connectivity index (χ1) is 11.3. The molecule has 0 bridgehead atoms. The van der Waals surface area contributed by atoms with Gasteiger partial charge in [-0.1, -0.05) is 11.8 Å². The van der Waals surface area contributed by atoms with Crippen molar-refractivity contribution in [1.29, 1.82) is 0 Å². The van der Waals surface area contributed by atoms with Gasteiger partial charge in [-0.15, -0.1) is 0 Å². The second-order valence-corrected chi connectivity index (χ2v) is 5.13. The van der Waals surface area contributed by atoms with Crippen molar-refractivity contribution >= 4 is 17.8 Å². The fourth-order valence-electron chi connectivity index (χ4n) is 1.83. The molecule has 0 aromatic carbocycles. The Balaban J connectivity index is 4.28. The molecule has 0 fully saturated rings. The van der Waals surface area contributed by atoms with Crippen molar-refractivity contribution in [3.05, 3.63) is 10.1 Å². The number of aliphatic imine (C=N–C) groups is 1. The molecule has 138 valence electrons. The van der Waals surface area contributed by atoms with Crippen LogP contribution >= 0.6 is 0 Å². The minimum Gasteiger partial charge on any atom is -0.368 e. The lowest BCUT2D eigenvalue weighted by Gasteiger charge is -2.18. The summed E-state index contributed by atoms with van der Waals surface area (Å²) in [4.78, 5) is 37.1. The van der Waals surface area contributed by atoms with E-state index < -0.39 is 28.9 Å². The summed E-state index contributed by atoms with van der Waals surface area (Å²) in [6.07, 6.45) is 2.49. The summed E-state index contributed by atoms with van der Waals surface area (Å²) in [6.45, 7) is 0.655. The van der Waals surface area contributed by atoms with Crippen LogP contribution in [0, 0.1) is 10.1 Å². The van der Waals surface area contributed by atoms with Crippen LogP contribution in [0.5, 0.6) is 0 Å². The Labute approximate surface area is 139 Å². The van der Waals surface area contributed by atoms with Gasteiger partial charge in [-0.2, -0.15) is 0 Å². The monoisotopic (exact) mass is 346 g/mol. The summed E-state index contributed by atoms with van der Waals surface area (Å²) in [6, 6.07) is -1.63. The number of amides is 2. The van der Waals surface area contributed by atoms with Crippen LogP contribution in [0.2, 0.25) is 0 Å². The highest BCUT2D eigenvalue weighted by atomic mass is 16.7. The number of rotatable bonds is 12. The number of carbonyl (C=O) groups is 2. The molecule has 0 aliphatic heterocycles. The van der Waals surface area contributed by atoms with Crippen LogP contribution in [-0.4, -0.2) is 48.0 Å². The first-order valence-corrected chi connectivity index (χ1v) is 7.54. The Hall–Kier alpha value is -2.47. The van der Waals surface area contributed by atoms with Gasteiger partial charge in [-0.25, -0.2) is 15.1 Å². The topological polar surface area (TPSA) is 218 Å². The minimum absolute atomic E-state index is 0.134. The lowest BCUT2D eigenvalue weighted by Crippen LogP contribution is -2.50. The van der Waals surface area contributed by atoms with Crippen molar-refractivity contribution in [1.82, 2.24) is 10.7 Å². The van der Waals surface area contributed by atoms with E-state index in [2.05, 4.69) is 10.3 Å². The molecule has 10 N–H and O–H groups in total. The summed E-state index contributed by atoms with van der Waals surface area (Å²) in [5, 5.41) is 11.8. The van der Waals surface area contributed by atoms with Gasteiger partial charge in [0.25, 0.3) is 5.96 Å². The second kappa shape index (κ2) is 12.0. The Morgan fingerprint density at radius 2 is 1.83 bits per heavy atom. The summed E-state index contributed by atoms with van der Waals surface area (Å²) in [7, 11) is 0. The number of nitro groups is 1. The molecule has 0 aromatic rings. The smallest absolute Gasteiger partial charge is 0.251 e. The van der Waals surface area contributed by atoms with Gasteiger partial charge >= 0.3 is 0 Å². The van der Waals surface area contributed by atoms with Crippen LogP contribution in [0.25, 0.3) is 0 Å². The van der Waals surface area contributed by atoms with Gasteiger partial charge in [0.15, 0.2) is 5.03 Å². The van der Waals surface area contributed by atoms with Gasteiger partial charge in [-0.3, -0.25) is 9.59 Å². The van der Waals surface area contributed by atoms with Crippen molar-refractivity contribution < 1.29 is 14.6 Å². The fourth-order valence-corrected chi connectivity index (χ4v) is 1.83. The molecule has 0 aromatic heterocycles. The molecule has 0 saturated heterocycles. The number of unbranched alkanes of at least 4 members (excludes halogenated alkanes) is 1. The molecule has 0 heterocycles. The predicted molar refractivity (Wildman–Crippen MR) is 87.9 cm³/mol. The van der Waals surface area contributed by atoms with E-state index in [1.54, 1.807) is 5.43 Å². The summed E-state index contributed by atoms with van der Waals surface area (Å²) < 4.78 is 0. The molecule has 0 radical (unpaired) electrons. The third-order valence-corrected chi connectivity index (χ3v) is 3.10. The van der Waals surface area contributed by atoms with Crippen molar-refractivity contribution in [3.63, 3.8) is 0 Å². The number of nitrogens with two attached hydrogens (primary N) is 4. The molecule has 12 nitrogen and oxygen atoms in total. The SMILES string of the molecule is NCCCC[C@H](N)C(=O)N[C@H](CCCN=C(N)N[N+](=O)[O-])C(N)=O. The van der Waals surface area contributed by atoms with Gasteiger partial charge in [0.1, 0.15) is 6.04 Å². The molecular formula is C12H26N8O4. The van der Waals surface area contributed by atoms with E-state index in [1.165, 1.54) is 0 Å². The Bertz CT molecular complexity index is 456. The zero-order chi connectivity index (χ0) is 18.5. The van der Waals surface area contributed by atoms with Crippen molar-refractivity contribution in [2.45, 2.75) is 44.2 Å². The van der Waals surface area contributed by atoms with E-state index in [9.17, 15) is 19.7 Å². The van der Waals surface area contributed by atoms with Gasteiger partial charge in [0.05, 0.1) is 6.04 Å². The summed E-state index contributed by atoms with van der Waals surface area (Å²) in [5.41, 5.74) is 23.3. The maximum Gasteiger partial charge on any atom is 0.251 e. The lowest BCUT2D eigenvalue weighted by atomic mass is 10.1. The Kier molecular flexibility index (Phi) is 10.8. The summed E-state index contributed by atoms with van der Waals surface area (Å²) >= 11 is 0. The lowest BCUT2D eigenvalue weighted by molar-refractivity contribution is -0.525. The van der Waals surface area contributed by atoms with E-state index in [-0.39, 0.29) is 18.9 Å². The molecule has 0 saturated carbocycles. The van der Waals surface area contributed by atoms with Gasteiger partial charge in [0, 0.05) is 6.54 Å². The standard InChI is InChI=1S/C12H26N8O4/c13-6-2-1-4-8(14)11(22)18-9(10(15)21)5-3-7-17-12(16)19-20(23)24/h8-9H,1-7,13-14H2,(H2,15,21)(H,18,22)(H3,16,17,19)/t8-,9+/m0/s1. The molecule has 0 unspecified atom stereocenters. The quantitative estimate of drug-likeness (QED) is 0.0715. The number of nitrogens with zero attached hydrogens (tertiary/aromatic N) is 2. The fraction of sp³-hybridized carbons (Fsp3) is 0.750. The Morgan fingerprint density at radius 1 is 1.17 bits per heavy atom. The number of hydrazine groups is 1. The molecule has 2 atom stereocenters. The third-order valence-electron chi connectivity index (χ3n) is 3.10. The van der Waals surface area contributed by atoms with Gasteiger partial charge in [0.2, 0.25) is 11.8 Å².